The van der Waals surface area contributed by atoms with Gasteiger partial charge in [0.05, 0.1) is 0 Å². The molecule has 0 aliphatic heterocycles. The summed E-state index contributed by atoms with van der Waals surface area (Å²) in [7, 11) is 1.84. The molecule has 5 nitrogen and oxygen atoms in total. The van der Waals surface area contributed by atoms with Crippen molar-refractivity contribution in [2.75, 3.05) is 12.5 Å². The molecule has 0 aliphatic rings. The van der Waals surface area contributed by atoms with Crippen molar-refractivity contribution in [1.29, 1.82) is 0 Å². The Morgan fingerprint density at radius 1 is 1.43 bits per heavy atom. The van der Waals surface area contributed by atoms with E-state index in [0.29, 0.717) is 11.4 Å². The average Bonchev–Trinajstić information content (AvgIpc) is 2.44. The van der Waals surface area contributed by atoms with Crippen LogP contribution in [0.2, 0.25) is 0 Å². The van der Waals surface area contributed by atoms with Gasteiger partial charge >= 0.3 is 0 Å². The molecule has 0 saturated carbocycles. The summed E-state index contributed by atoms with van der Waals surface area (Å²) in [6, 6.07) is 3.77. The van der Waals surface area contributed by atoms with Crippen molar-refractivity contribution in [3.8, 4) is 0 Å². The van der Waals surface area contributed by atoms with Crippen LogP contribution in [0.5, 0.6) is 0 Å². The van der Waals surface area contributed by atoms with Crippen molar-refractivity contribution in [1.82, 2.24) is 9.88 Å². The van der Waals surface area contributed by atoms with E-state index in [1.807, 2.05) is 13.1 Å². The maximum absolute atomic E-state index is 12.6. The minimum Gasteiger partial charge on any atom is -0.339 e. The van der Waals surface area contributed by atoms with Gasteiger partial charge in [-0.2, -0.15) is 0 Å². The van der Waals surface area contributed by atoms with Crippen LogP contribution in [0.15, 0.2) is 12.1 Å². The molecule has 1 heterocycles. The van der Waals surface area contributed by atoms with Crippen molar-refractivity contribution < 1.29 is 4.79 Å². The molecule has 5 heteroatoms. The van der Waals surface area contributed by atoms with Crippen LogP contribution < -0.4 is 11.3 Å². The fourth-order valence-electron chi connectivity index (χ4n) is 2.13. The molecule has 0 radical (unpaired) electrons. The smallest absolute Gasteiger partial charge is 0.254 e. The summed E-state index contributed by atoms with van der Waals surface area (Å²) >= 11 is 0. The van der Waals surface area contributed by atoms with E-state index in [1.165, 1.54) is 0 Å². The van der Waals surface area contributed by atoms with Crippen LogP contribution in [-0.4, -0.2) is 28.9 Å². The maximum Gasteiger partial charge on any atom is 0.254 e. The molecule has 0 saturated heterocycles. The van der Waals surface area contributed by atoms with Gasteiger partial charge in [0.2, 0.25) is 0 Å². The minimum absolute atomic E-state index is 0.000324. The van der Waals surface area contributed by atoms with Crippen molar-refractivity contribution in [2.24, 2.45) is 5.84 Å². The number of nitrogens with zero attached hydrogens (tertiary/aromatic N) is 2. The summed E-state index contributed by atoms with van der Waals surface area (Å²) in [4.78, 5) is 18.9. The fraction of sp³-hybridized carbons (Fsp3) is 0.625. The fourth-order valence-corrected chi connectivity index (χ4v) is 2.13. The zero-order valence-electron chi connectivity index (χ0n) is 14.0. The Labute approximate surface area is 127 Å². The van der Waals surface area contributed by atoms with Gasteiger partial charge < -0.3 is 10.3 Å². The lowest BCUT2D eigenvalue weighted by molar-refractivity contribution is 0.0736. The monoisotopic (exact) mass is 292 g/mol. The molecule has 0 spiro atoms. The molecular formula is C16H28N4O. The molecule has 118 valence electrons. The molecule has 1 aromatic rings. The van der Waals surface area contributed by atoms with Crippen molar-refractivity contribution >= 4 is 11.7 Å². The third-order valence-electron chi connectivity index (χ3n) is 3.68. The first-order chi connectivity index (χ1) is 9.70. The molecule has 1 atom stereocenters. The predicted molar refractivity (Wildman–Crippen MR) is 87.2 cm³/mol. The lowest BCUT2D eigenvalue weighted by Crippen LogP contribution is -2.35. The first-order valence-corrected chi connectivity index (χ1v) is 7.47. The molecule has 0 aliphatic carbocycles. The van der Waals surface area contributed by atoms with Crippen molar-refractivity contribution in [3.05, 3.63) is 23.4 Å². The number of rotatable bonds is 5. The summed E-state index contributed by atoms with van der Waals surface area (Å²) in [5, 5.41) is 0. The van der Waals surface area contributed by atoms with Crippen molar-refractivity contribution in [2.45, 2.75) is 58.9 Å². The summed E-state index contributed by atoms with van der Waals surface area (Å²) in [5.41, 5.74) is 3.87. The van der Waals surface area contributed by atoms with Crippen LogP contribution in [0.1, 0.15) is 63.5 Å². The molecule has 0 aromatic carbocycles. The number of hydrogen-bond acceptors (Lipinski definition) is 4. The number of aromatic nitrogens is 1. The molecule has 1 aromatic heterocycles. The first-order valence-electron chi connectivity index (χ1n) is 7.47. The number of carbonyl (C=O) groups excluding carboxylic acids is 1. The lowest BCUT2D eigenvalue weighted by atomic mass is 9.90. The maximum atomic E-state index is 12.6. The lowest BCUT2D eigenvalue weighted by Gasteiger charge is -2.26. The van der Waals surface area contributed by atoms with Crippen LogP contribution in [0, 0.1) is 0 Å². The number of amides is 1. The average molecular weight is 292 g/mol. The number of hydrazine groups is 1. The normalized spacial score (nSPS) is 12.9. The van der Waals surface area contributed by atoms with E-state index in [4.69, 9.17) is 5.84 Å². The van der Waals surface area contributed by atoms with Gasteiger partial charge in [-0.25, -0.2) is 10.8 Å². The number of pyridine rings is 1. The number of nitrogen functional groups attached to an aromatic ring is 1. The zero-order valence-corrected chi connectivity index (χ0v) is 14.0. The topological polar surface area (TPSA) is 71.2 Å². The molecule has 1 amide bonds. The van der Waals surface area contributed by atoms with Gasteiger partial charge in [-0.05, 0) is 25.5 Å². The van der Waals surface area contributed by atoms with Crippen LogP contribution in [-0.2, 0) is 5.41 Å². The van der Waals surface area contributed by atoms with E-state index in [0.717, 1.165) is 18.5 Å². The Morgan fingerprint density at radius 2 is 2.05 bits per heavy atom. The van der Waals surface area contributed by atoms with E-state index in [9.17, 15) is 4.79 Å². The molecule has 1 rings (SSSR count). The highest BCUT2D eigenvalue weighted by Gasteiger charge is 2.22. The highest BCUT2D eigenvalue weighted by molar-refractivity contribution is 5.95. The number of nitrogens with two attached hydrogens (primary N) is 1. The van der Waals surface area contributed by atoms with Gasteiger partial charge in [0.1, 0.15) is 5.82 Å². The highest BCUT2D eigenvalue weighted by atomic mass is 16.2. The van der Waals surface area contributed by atoms with Gasteiger partial charge in [-0.15, -0.1) is 0 Å². The second-order valence-corrected chi connectivity index (χ2v) is 6.57. The van der Waals surface area contributed by atoms with Gasteiger partial charge in [0.15, 0.2) is 0 Å². The minimum atomic E-state index is -0.143. The van der Waals surface area contributed by atoms with E-state index < -0.39 is 0 Å². The SMILES string of the molecule is CCCC(C)N(C)C(=O)c1cc(NN)nc(C(C)(C)C)c1. The summed E-state index contributed by atoms with van der Waals surface area (Å²) in [5.74, 6) is 5.99. The molecule has 3 N–H and O–H groups in total. The second kappa shape index (κ2) is 6.89. The van der Waals surface area contributed by atoms with Crippen LogP contribution >= 0.6 is 0 Å². The van der Waals surface area contributed by atoms with E-state index in [-0.39, 0.29) is 17.4 Å². The Morgan fingerprint density at radius 3 is 2.52 bits per heavy atom. The molecule has 0 fully saturated rings. The van der Waals surface area contributed by atoms with Gasteiger partial charge in [0, 0.05) is 29.8 Å². The summed E-state index contributed by atoms with van der Waals surface area (Å²) in [6.45, 7) is 10.4. The van der Waals surface area contributed by atoms with Crippen LogP contribution in [0.4, 0.5) is 5.82 Å². The Bertz CT molecular complexity index is 494. The third kappa shape index (κ3) is 4.43. The van der Waals surface area contributed by atoms with Gasteiger partial charge in [0.25, 0.3) is 5.91 Å². The molecule has 0 bridgehead atoms. The van der Waals surface area contributed by atoms with E-state index in [2.05, 4.69) is 45.0 Å². The Kier molecular flexibility index (Phi) is 5.72. The summed E-state index contributed by atoms with van der Waals surface area (Å²) < 4.78 is 0. The molecular weight excluding hydrogens is 264 g/mol. The predicted octanol–water partition coefficient (Wildman–Crippen LogP) is 2.93. The number of nitrogens with one attached hydrogen (secondary N) is 1. The highest BCUT2D eigenvalue weighted by Crippen LogP contribution is 2.24. The standard InChI is InChI=1S/C16H28N4O/c1-7-8-11(2)20(6)15(21)12-9-13(16(3,4)5)18-14(10-12)19-17/h9-11H,7-8,17H2,1-6H3,(H,18,19). The van der Waals surface area contributed by atoms with Gasteiger partial charge in [-0.1, -0.05) is 34.1 Å². The van der Waals surface area contributed by atoms with E-state index >= 15 is 0 Å². The number of carbonyl (C=O) groups is 1. The van der Waals surface area contributed by atoms with Gasteiger partial charge in [-0.3, -0.25) is 4.79 Å². The quantitative estimate of drug-likeness (QED) is 0.646. The number of anilines is 1. The first kappa shape index (κ1) is 17.4. The van der Waals surface area contributed by atoms with Crippen LogP contribution in [0.3, 0.4) is 0 Å². The third-order valence-corrected chi connectivity index (χ3v) is 3.68. The Hall–Kier alpha value is -1.62. The van der Waals surface area contributed by atoms with E-state index in [1.54, 1.807) is 11.0 Å². The Balaban J connectivity index is 3.14. The zero-order chi connectivity index (χ0) is 16.2. The molecule has 21 heavy (non-hydrogen) atoms. The van der Waals surface area contributed by atoms with Crippen LogP contribution in [0.25, 0.3) is 0 Å². The number of hydrogen-bond donors (Lipinski definition) is 2. The molecule has 1 unspecified atom stereocenters. The largest absolute Gasteiger partial charge is 0.339 e. The summed E-state index contributed by atoms with van der Waals surface area (Å²) in [6.07, 6.45) is 2.04. The second-order valence-electron chi connectivity index (χ2n) is 6.57. The van der Waals surface area contributed by atoms with Crippen molar-refractivity contribution in [3.63, 3.8) is 0 Å².